The van der Waals surface area contributed by atoms with E-state index < -0.39 is 0 Å². The van der Waals surface area contributed by atoms with Crippen molar-refractivity contribution in [1.29, 1.82) is 0 Å². The molecule has 0 aromatic heterocycles. The zero-order valence-corrected chi connectivity index (χ0v) is 17.3. The van der Waals surface area contributed by atoms with Crippen LogP contribution in [-0.4, -0.2) is 5.54 Å². The summed E-state index contributed by atoms with van der Waals surface area (Å²) < 4.78 is 0. The molecule has 144 valence electrons. The standard InChI is InChI=1S/C24H43N/c1-4-5-7-15-24(25)17-13-21-19-11-10-18-9-6-8-14-22(18,2)20(19)12-16-23(21,24)3/h18-21H,4-17,25H2,1-3H3/t18?,19-,20-,21+,22+,23+,24?/m1/s1. The average molecular weight is 346 g/mol. The maximum atomic E-state index is 7.18. The molecule has 1 heteroatoms. The normalized spacial score (nSPS) is 52.3. The van der Waals surface area contributed by atoms with Gasteiger partial charge in [-0.3, -0.25) is 0 Å². The van der Waals surface area contributed by atoms with Crippen molar-refractivity contribution < 1.29 is 0 Å². The lowest BCUT2D eigenvalue weighted by Crippen LogP contribution is -2.59. The van der Waals surface area contributed by atoms with Gasteiger partial charge >= 0.3 is 0 Å². The fourth-order valence-electron chi connectivity index (χ4n) is 8.57. The molecule has 4 aliphatic rings. The van der Waals surface area contributed by atoms with Crippen molar-refractivity contribution >= 4 is 0 Å². The highest BCUT2D eigenvalue weighted by molar-refractivity contribution is 5.15. The molecule has 2 N–H and O–H groups in total. The summed E-state index contributed by atoms with van der Waals surface area (Å²) in [5.41, 5.74) is 8.42. The SMILES string of the molecule is CCCCCC1(N)CC[C@H]2[C@@H]3CCC4CCCC[C@]4(C)[C@@H]3CC[C@@]21C. The van der Waals surface area contributed by atoms with Crippen LogP contribution in [0.4, 0.5) is 0 Å². The smallest absolute Gasteiger partial charge is 0.0211 e. The summed E-state index contributed by atoms with van der Waals surface area (Å²) in [7, 11) is 0. The van der Waals surface area contributed by atoms with E-state index in [2.05, 4.69) is 20.8 Å². The van der Waals surface area contributed by atoms with Gasteiger partial charge in [0.15, 0.2) is 0 Å². The van der Waals surface area contributed by atoms with Gasteiger partial charge in [0.2, 0.25) is 0 Å². The molecule has 0 aromatic rings. The molecule has 0 heterocycles. The summed E-state index contributed by atoms with van der Waals surface area (Å²) in [6.07, 6.45) is 20.1. The number of hydrogen-bond acceptors (Lipinski definition) is 1. The topological polar surface area (TPSA) is 26.0 Å². The van der Waals surface area contributed by atoms with Crippen LogP contribution in [0.5, 0.6) is 0 Å². The summed E-state index contributed by atoms with van der Waals surface area (Å²) in [4.78, 5) is 0. The van der Waals surface area contributed by atoms with E-state index in [0.29, 0.717) is 10.8 Å². The third-order valence-corrected chi connectivity index (χ3v) is 10.2. The first-order valence-corrected chi connectivity index (χ1v) is 11.7. The Kier molecular flexibility index (Phi) is 4.79. The minimum atomic E-state index is 0.141. The Bertz CT molecular complexity index is 486. The van der Waals surface area contributed by atoms with Gasteiger partial charge in [0.1, 0.15) is 0 Å². The van der Waals surface area contributed by atoms with Crippen LogP contribution in [0.1, 0.15) is 111 Å². The molecule has 4 aliphatic carbocycles. The second-order valence-corrected chi connectivity index (χ2v) is 11.0. The summed E-state index contributed by atoms with van der Waals surface area (Å²) in [5.74, 6) is 3.98. The van der Waals surface area contributed by atoms with E-state index in [-0.39, 0.29) is 5.54 Å². The van der Waals surface area contributed by atoms with Crippen LogP contribution in [0.25, 0.3) is 0 Å². The molecule has 4 rings (SSSR count). The lowest BCUT2D eigenvalue weighted by Gasteiger charge is -2.61. The van der Waals surface area contributed by atoms with Crippen molar-refractivity contribution in [3.63, 3.8) is 0 Å². The van der Waals surface area contributed by atoms with E-state index >= 15 is 0 Å². The zero-order chi connectivity index (χ0) is 17.7. The van der Waals surface area contributed by atoms with Gasteiger partial charge in [0.25, 0.3) is 0 Å². The fraction of sp³-hybridized carbons (Fsp3) is 1.00. The lowest BCUT2D eigenvalue weighted by atomic mass is 9.44. The van der Waals surface area contributed by atoms with E-state index in [1.807, 2.05) is 0 Å². The second kappa shape index (κ2) is 6.54. The number of rotatable bonds is 4. The fourth-order valence-corrected chi connectivity index (χ4v) is 8.57. The van der Waals surface area contributed by atoms with E-state index in [1.54, 1.807) is 0 Å². The Labute approximate surface area is 156 Å². The van der Waals surface area contributed by atoms with Gasteiger partial charge in [-0.15, -0.1) is 0 Å². The molecule has 4 fully saturated rings. The van der Waals surface area contributed by atoms with Crippen LogP contribution in [-0.2, 0) is 0 Å². The molecular formula is C24H43N. The minimum Gasteiger partial charge on any atom is -0.325 e. The molecule has 0 aliphatic heterocycles. The molecule has 2 unspecified atom stereocenters. The molecule has 25 heavy (non-hydrogen) atoms. The predicted molar refractivity (Wildman–Crippen MR) is 107 cm³/mol. The summed E-state index contributed by atoms with van der Waals surface area (Å²) in [6, 6.07) is 0. The highest BCUT2D eigenvalue weighted by atomic mass is 14.8. The molecule has 0 spiro atoms. The van der Waals surface area contributed by atoms with Crippen molar-refractivity contribution in [2.45, 2.75) is 116 Å². The highest BCUT2D eigenvalue weighted by Gasteiger charge is 2.63. The van der Waals surface area contributed by atoms with E-state index in [1.165, 1.54) is 89.9 Å². The third kappa shape index (κ3) is 2.66. The number of fused-ring (bicyclic) bond motifs is 5. The quantitative estimate of drug-likeness (QED) is 0.564. The van der Waals surface area contributed by atoms with Crippen LogP contribution in [0.2, 0.25) is 0 Å². The molecule has 0 amide bonds. The van der Waals surface area contributed by atoms with Crippen LogP contribution >= 0.6 is 0 Å². The van der Waals surface area contributed by atoms with Gasteiger partial charge in [-0.05, 0) is 92.3 Å². The van der Waals surface area contributed by atoms with Crippen molar-refractivity contribution in [2.24, 2.45) is 40.2 Å². The Morgan fingerprint density at radius 1 is 0.840 bits per heavy atom. The molecule has 7 atom stereocenters. The molecule has 0 bridgehead atoms. The maximum Gasteiger partial charge on any atom is 0.0211 e. The van der Waals surface area contributed by atoms with E-state index in [4.69, 9.17) is 5.73 Å². The van der Waals surface area contributed by atoms with Gasteiger partial charge in [-0.25, -0.2) is 0 Å². The highest BCUT2D eigenvalue weighted by Crippen LogP contribution is 2.68. The molecule has 0 saturated heterocycles. The Hall–Kier alpha value is -0.0400. The van der Waals surface area contributed by atoms with Crippen LogP contribution in [0, 0.1) is 34.5 Å². The average Bonchev–Trinajstić information content (AvgIpc) is 2.86. The summed E-state index contributed by atoms with van der Waals surface area (Å²) >= 11 is 0. The van der Waals surface area contributed by atoms with Crippen molar-refractivity contribution in [2.75, 3.05) is 0 Å². The number of hydrogen-bond donors (Lipinski definition) is 1. The Morgan fingerprint density at radius 3 is 2.44 bits per heavy atom. The molecule has 1 nitrogen and oxygen atoms in total. The molecule has 0 aromatic carbocycles. The summed E-state index contributed by atoms with van der Waals surface area (Å²) in [6.45, 7) is 7.63. The van der Waals surface area contributed by atoms with Gasteiger partial charge in [-0.1, -0.05) is 52.9 Å². The first-order chi connectivity index (χ1) is 11.9. The van der Waals surface area contributed by atoms with Crippen LogP contribution in [0.15, 0.2) is 0 Å². The molecular weight excluding hydrogens is 302 g/mol. The van der Waals surface area contributed by atoms with E-state index in [0.717, 1.165) is 23.7 Å². The predicted octanol–water partition coefficient (Wildman–Crippen LogP) is 6.70. The third-order valence-electron chi connectivity index (χ3n) is 10.2. The lowest BCUT2D eigenvalue weighted by molar-refractivity contribution is -0.114. The van der Waals surface area contributed by atoms with Crippen LogP contribution < -0.4 is 5.73 Å². The van der Waals surface area contributed by atoms with Crippen LogP contribution in [0.3, 0.4) is 0 Å². The number of nitrogens with two attached hydrogens (primary N) is 1. The summed E-state index contributed by atoms with van der Waals surface area (Å²) in [5, 5.41) is 0. The van der Waals surface area contributed by atoms with Gasteiger partial charge < -0.3 is 5.73 Å². The first kappa shape index (κ1) is 18.3. The maximum absolute atomic E-state index is 7.18. The van der Waals surface area contributed by atoms with Crippen molar-refractivity contribution in [1.82, 2.24) is 0 Å². The minimum absolute atomic E-state index is 0.141. The molecule has 0 radical (unpaired) electrons. The van der Waals surface area contributed by atoms with Gasteiger partial charge in [0.05, 0.1) is 0 Å². The van der Waals surface area contributed by atoms with Crippen molar-refractivity contribution in [3.8, 4) is 0 Å². The molecule has 4 saturated carbocycles. The zero-order valence-electron chi connectivity index (χ0n) is 17.3. The van der Waals surface area contributed by atoms with Gasteiger partial charge in [-0.2, -0.15) is 0 Å². The van der Waals surface area contributed by atoms with Crippen molar-refractivity contribution in [3.05, 3.63) is 0 Å². The second-order valence-electron chi connectivity index (χ2n) is 11.0. The first-order valence-electron chi connectivity index (χ1n) is 11.7. The number of unbranched alkanes of at least 4 members (excludes halogenated alkanes) is 2. The Morgan fingerprint density at radius 2 is 1.64 bits per heavy atom. The monoisotopic (exact) mass is 345 g/mol. The van der Waals surface area contributed by atoms with E-state index in [9.17, 15) is 0 Å². The van der Waals surface area contributed by atoms with Gasteiger partial charge in [0, 0.05) is 5.54 Å². The largest absolute Gasteiger partial charge is 0.325 e. The Balaban J connectivity index is 1.55.